The Morgan fingerprint density at radius 2 is 1.42 bits per heavy atom. The molecule has 0 spiro atoms. The first-order chi connectivity index (χ1) is 34.5. The van der Waals surface area contributed by atoms with Crippen molar-refractivity contribution in [3.05, 3.63) is 95.8 Å². The van der Waals surface area contributed by atoms with Gasteiger partial charge >= 0.3 is 5.97 Å². The van der Waals surface area contributed by atoms with E-state index in [0.717, 1.165) is 52.6 Å². The fraction of sp³-hybridized carbons (Fsp3) is 0.500. The molecule has 2 aromatic carbocycles. The molecule has 0 radical (unpaired) electrons. The number of hydrogen-bond donors (Lipinski definition) is 5. The van der Waals surface area contributed by atoms with Crippen LogP contribution < -0.4 is 21.7 Å². The number of benzene rings is 2. The zero-order chi connectivity index (χ0) is 52.5. The number of imide groups is 1. The Morgan fingerprint density at radius 3 is 2.01 bits per heavy atom. The lowest BCUT2D eigenvalue weighted by molar-refractivity contribution is -0.141. The third kappa shape index (κ3) is 20.2. The van der Waals surface area contributed by atoms with Crippen LogP contribution in [0.3, 0.4) is 0 Å². The highest BCUT2D eigenvalue weighted by Crippen LogP contribution is 2.41. The van der Waals surface area contributed by atoms with Gasteiger partial charge in [-0.05, 0) is 48.2 Å². The first-order valence-corrected chi connectivity index (χ1v) is 24.8. The number of ether oxygens (including phenoxy) is 4. The summed E-state index contributed by atoms with van der Waals surface area (Å²) in [7, 11) is 0. The summed E-state index contributed by atoms with van der Waals surface area (Å²) in [5, 5.41) is 17.0. The predicted octanol–water partition coefficient (Wildman–Crippen LogP) is 3.05. The summed E-state index contributed by atoms with van der Waals surface area (Å²) in [4.78, 5) is 89.3. The van der Waals surface area contributed by atoms with Crippen molar-refractivity contribution in [2.24, 2.45) is 11.1 Å². The zero-order valence-electron chi connectivity index (χ0n) is 41.0. The van der Waals surface area contributed by atoms with E-state index in [-0.39, 0.29) is 115 Å². The lowest BCUT2D eigenvalue weighted by Crippen LogP contribution is -2.49. The van der Waals surface area contributed by atoms with Crippen LogP contribution >= 0.6 is 11.8 Å². The molecule has 22 heteroatoms. The van der Waals surface area contributed by atoms with Crippen molar-refractivity contribution in [1.82, 2.24) is 30.3 Å². The Labute approximate surface area is 422 Å². The molecular formula is C50H67F2N7O12S. The number of nitrogens with one attached hydrogen (secondary N) is 3. The van der Waals surface area contributed by atoms with Crippen LogP contribution in [0.4, 0.5) is 8.78 Å². The average molecular weight is 1030 g/mol. The fourth-order valence-electron chi connectivity index (χ4n) is 7.47. The number of carbonyl (C=O) groups is 7. The van der Waals surface area contributed by atoms with Gasteiger partial charge in [0.05, 0.1) is 71.1 Å². The van der Waals surface area contributed by atoms with Gasteiger partial charge in [-0.15, -0.1) is 11.8 Å². The van der Waals surface area contributed by atoms with Crippen LogP contribution in [0.1, 0.15) is 57.3 Å². The normalized spacial score (nSPS) is 13.3. The molecule has 3 aromatic rings. The van der Waals surface area contributed by atoms with Crippen molar-refractivity contribution in [2.75, 3.05) is 97.1 Å². The molecule has 1 aliphatic heterocycles. The standard InChI is InChI=1S/C50H67F2N7O12S/c1-50(2,3)48(41-28-36(38-29-37(51)10-11-39(38)52)31-57(41)30-35-8-5-4-6-9-35)58(19-7-16-53)46(64)34-72-33-40(56-42(60)12-15-47(65)66)49(67)55-18-21-69-23-25-71-27-26-70-24-22-68-20-17-54-43(61)32-59-44(62)13-14-45(59)63/h4-6,8-11,13-14,28-29,31,40,48H,7,12,15-27,30,32-34,53H2,1-3H3,(H,54,61)(H,55,67)(H,56,60)(H,65,66)/t40-,48-/m0/s1. The van der Waals surface area contributed by atoms with Gasteiger partial charge in [-0.1, -0.05) is 51.1 Å². The van der Waals surface area contributed by atoms with E-state index in [0.29, 0.717) is 24.2 Å². The van der Waals surface area contributed by atoms with Crippen LogP contribution in [-0.2, 0) is 59.1 Å². The predicted molar refractivity (Wildman–Crippen MR) is 264 cm³/mol. The minimum absolute atomic E-state index is 0.0267. The largest absolute Gasteiger partial charge is 0.481 e. The Hall–Kier alpha value is -6.04. The lowest BCUT2D eigenvalue weighted by Gasteiger charge is -2.41. The van der Waals surface area contributed by atoms with Crippen molar-refractivity contribution in [2.45, 2.75) is 58.7 Å². The molecule has 19 nitrogen and oxygen atoms in total. The zero-order valence-corrected chi connectivity index (χ0v) is 41.9. The van der Waals surface area contributed by atoms with Crippen molar-refractivity contribution in [1.29, 1.82) is 0 Å². The number of nitrogens with two attached hydrogens (primary N) is 1. The highest BCUT2D eigenvalue weighted by molar-refractivity contribution is 8.00. The van der Waals surface area contributed by atoms with Crippen LogP contribution in [0.25, 0.3) is 11.1 Å². The van der Waals surface area contributed by atoms with Gasteiger partial charge in [0.25, 0.3) is 11.8 Å². The smallest absolute Gasteiger partial charge is 0.303 e. The van der Waals surface area contributed by atoms with Crippen molar-refractivity contribution in [3.8, 4) is 11.1 Å². The van der Waals surface area contributed by atoms with E-state index in [1.165, 1.54) is 0 Å². The number of hydrogen-bond acceptors (Lipinski definition) is 13. The highest BCUT2D eigenvalue weighted by atomic mass is 32.2. The molecule has 2 atom stereocenters. The minimum Gasteiger partial charge on any atom is -0.481 e. The molecule has 0 saturated carbocycles. The molecule has 0 unspecified atom stereocenters. The fourth-order valence-corrected chi connectivity index (χ4v) is 8.40. The average Bonchev–Trinajstić information content (AvgIpc) is 3.89. The number of carbonyl (C=O) groups excluding carboxylic acids is 6. The van der Waals surface area contributed by atoms with E-state index in [9.17, 15) is 38.0 Å². The molecular weight excluding hydrogens is 961 g/mol. The number of carboxylic acid groups (broad SMARTS) is 1. The molecule has 0 fully saturated rings. The van der Waals surface area contributed by atoms with Crippen molar-refractivity contribution in [3.63, 3.8) is 0 Å². The Kier molecular flexibility index (Phi) is 25.0. The number of halogens is 2. The Balaban J connectivity index is 1.25. The maximum absolute atomic E-state index is 15.2. The van der Waals surface area contributed by atoms with Gasteiger partial charge in [0, 0.05) is 73.5 Å². The third-order valence-corrected chi connectivity index (χ3v) is 11.9. The Bertz CT molecular complexity index is 2280. The second-order valence-corrected chi connectivity index (χ2v) is 18.6. The van der Waals surface area contributed by atoms with Crippen LogP contribution in [0.5, 0.6) is 0 Å². The third-order valence-electron chi connectivity index (χ3n) is 10.9. The summed E-state index contributed by atoms with van der Waals surface area (Å²) in [6, 6.07) is 13.0. The number of nitrogens with zero attached hydrogens (tertiary/aromatic N) is 3. The van der Waals surface area contributed by atoms with Gasteiger partial charge in [0.15, 0.2) is 0 Å². The summed E-state index contributed by atoms with van der Waals surface area (Å²) < 4.78 is 53.6. The first kappa shape index (κ1) is 58.5. The topological polar surface area (TPSA) is 250 Å². The van der Waals surface area contributed by atoms with Gasteiger partial charge in [-0.2, -0.15) is 0 Å². The highest BCUT2D eigenvalue weighted by Gasteiger charge is 2.37. The number of amides is 6. The van der Waals surface area contributed by atoms with E-state index in [1.807, 2.05) is 55.7 Å². The quantitative estimate of drug-likeness (QED) is 0.0426. The van der Waals surface area contributed by atoms with E-state index >= 15 is 4.39 Å². The lowest BCUT2D eigenvalue weighted by atomic mass is 9.83. The monoisotopic (exact) mass is 1030 g/mol. The van der Waals surface area contributed by atoms with Gasteiger partial charge in [-0.25, -0.2) is 8.78 Å². The van der Waals surface area contributed by atoms with Crippen LogP contribution in [0.2, 0.25) is 0 Å². The van der Waals surface area contributed by atoms with Crippen molar-refractivity contribution >= 4 is 53.2 Å². The van der Waals surface area contributed by atoms with Crippen molar-refractivity contribution < 1.29 is 66.4 Å². The maximum atomic E-state index is 15.2. The molecule has 72 heavy (non-hydrogen) atoms. The molecule has 4 rings (SSSR count). The molecule has 0 saturated heterocycles. The number of aliphatic carboxylic acids is 1. The van der Waals surface area contributed by atoms with Crippen LogP contribution in [-0.4, -0.2) is 164 Å². The van der Waals surface area contributed by atoms with Crippen LogP contribution in [0.15, 0.2) is 72.9 Å². The summed E-state index contributed by atoms with van der Waals surface area (Å²) >= 11 is 1.12. The van der Waals surface area contributed by atoms with Gasteiger partial charge in [0.1, 0.15) is 24.2 Å². The van der Waals surface area contributed by atoms with Gasteiger partial charge in [-0.3, -0.25) is 38.5 Å². The number of thioether (sulfide) groups is 1. The van der Waals surface area contributed by atoms with E-state index in [4.69, 9.17) is 29.8 Å². The number of aromatic nitrogens is 1. The minimum atomic E-state index is -1.18. The van der Waals surface area contributed by atoms with E-state index in [2.05, 4.69) is 16.0 Å². The molecule has 1 aliphatic rings. The summed E-state index contributed by atoms with van der Waals surface area (Å²) in [5.41, 5.74) is 7.55. The first-order valence-electron chi connectivity index (χ1n) is 23.6. The molecule has 0 aliphatic carbocycles. The number of carboxylic acids is 1. The van der Waals surface area contributed by atoms with E-state index < -0.39 is 71.1 Å². The second-order valence-electron chi connectivity index (χ2n) is 17.6. The molecule has 6 amide bonds. The second kappa shape index (κ2) is 30.8. The summed E-state index contributed by atoms with van der Waals surface area (Å²) in [6.07, 6.45) is 3.64. The van der Waals surface area contributed by atoms with Gasteiger partial charge < -0.3 is 55.2 Å². The Morgan fingerprint density at radius 1 is 0.806 bits per heavy atom. The SMILES string of the molecule is CC(C)(C)[C@H](c1cc(-c2cc(F)ccc2F)cn1Cc1ccccc1)N(CCCN)C(=O)CSC[C@H](NC(=O)CCC(=O)O)C(=O)NCCOCCOCCOCCOCCNC(=O)CN1C(=O)C=CC1=O. The molecule has 1 aromatic heterocycles. The molecule has 6 N–H and O–H groups in total. The van der Waals surface area contributed by atoms with Crippen LogP contribution in [0, 0.1) is 17.0 Å². The summed E-state index contributed by atoms with van der Waals surface area (Å²) in [5.74, 6) is -5.53. The number of rotatable bonds is 34. The molecule has 2 heterocycles. The van der Waals surface area contributed by atoms with Gasteiger partial charge in [0.2, 0.25) is 23.6 Å². The molecule has 0 bridgehead atoms. The van der Waals surface area contributed by atoms with E-state index in [1.54, 1.807) is 17.2 Å². The summed E-state index contributed by atoms with van der Waals surface area (Å²) in [6.45, 7) is 8.72. The maximum Gasteiger partial charge on any atom is 0.303 e. The molecule has 394 valence electrons.